The first-order valence-corrected chi connectivity index (χ1v) is 18.6. The molecule has 1 amide bonds. The Bertz CT molecular complexity index is 2050. The van der Waals surface area contributed by atoms with E-state index in [0.717, 1.165) is 12.5 Å². The first-order chi connectivity index (χ1) is 25.9. The molecule has 2 saturated carbocycles. The molecular formula is C39H42F4N6O5. The van der Waals surface area contributed by atoms with Gasteiger partial charge in [-0.15, -0.1) is 0 Å². The molecule has 2 saturated heterocycles. The number of pyridine rings is 1. The zero-order valence-corrected chi connectivity index (χ0v) is 29.8. The fourth-order valence-corrected chi connectivity index (χ4v) is 9.30. The number of carbonyl (C=O) groups is 2. The van der Waals surface area contributed by atoms with Gasteiger partial charge in [-0.1, -0.05) is 6.92 Å². The molecule has 2 bridgehead atoms. The Balaban J connectivity index is 1.12. The summed E-state index contributed by atoms with van der Waals surface area (Å²) >= 11 is 0. The van der Waals surface area contributed by atoms with Gasteiger partial charge in [-0.05, 0) is 80.5 Å². The minimum atomic E-state index is -5.05. The average Bonchev–Trinajstić information content (AvgIpc) is 3.65. The van der Waals surface area contributed by atoms with Crippen LogP contribution in [0.25, 0.3) is 22.2 Å². The summed E-state index contributed by atoms with van der Waals surface area (Å²) in [6.45, 7) is 4.26. The van der Waals surface area contributed by atoms with Crippen molar-refractivity contribution in [3.05, 3.63) is 66.0 Å². The van der Waals surface area contributed by atoms with Crippen molar-refractivity contribution in [2.24, 2.45) is 17.8 Å². The van der Waals surface area contributed by atoms with E-state index in [1.165, 1.54) is 12.1 Å². The summed E-state index contributed by atoms with van der Waals surface area (Å²) in [5.41, 5.74) is -3.12. The molecule has 3 aromatic heterocycles. The number of hydrogen-bond donors (Lipinski definition) is 2. The second-order valence-corrected chi connectivity index (χ2v) is 15.3. The molecule has 15 heteroatoms. The molecule has 286 valence electrons. The molecule has 4 atom stereocenters. The lowest BCUT2D eigenvalue weighted by atomic mass is 9.78. The molecule has 4 aliphatic rings. The molecule has 8 rings (SSSR count). The summed E-state index contributed by atoms with van der Waals surface area (Å²) in [7, 11) is 0. The first-order valence-electron chi connectivity index (χ1n) is 18.6. The van der Waals surface area contributed by atoms with Crippen molar-refractivity contribution in [1.82, 2.24) is 24.8 Å². The normalized spacial score (nSPS) is 25.2. The third-order valence-electron chi connectivity index (χ3n) is 11.8. The minimum absolute atomic E-state index is 0.0454. The van der Waals surface area contributed by atoms with Crippen molar-refractivity contribution in [1.29, 1.82) is 0 Å². The van der Waals surface area contributed by atoms with Gasteiger partial charge in [0.05, 0.1) is 16.8 Å². The first kappa shape index (κ1) is 36.2. The van der Waals surface area contributed by atoms with Crippen LogP contribution in [0.2, 0.25) is 0 Å². The van der Waals surface area contributed by atoms with Crippen molar-refractivity contribution in [2.75, 3.05) is 31.2 Å². The molecule has 2 aliphatic carbocycles. The highest BCUT2D eigenvalue weighted by molar-refractivity contribution is 6.00. The Labute approximate surface area is 309 Å². The fourth-order valence-electron chi connectivity index (χ4n) is 9.30. The number of anilines is 1. The van der Waals surface area contributed by atoms with Crippen LogP contribution < -0.4 is 15.0 Å². The number of carbonyl (C=O) groups excluding carboxylic acids is 1. The van der Waals surface area contributed by atoms with Crippen LogP contribution in [-0.2, 0) is 15.7 Å². The lowest BCUT2D eigenvalue weighted by Crippen LogP contribution is -2.57. The van der Waals surface area contributed by atoms with Gasteiger partial charge in [-0.25, -0.2) is 24.1 Å². The van der Waals surface area contributed by atoms with Crippen LogP contribution in [-0.4, -0.2) is 74.4 Å². The highest BCUT2D eigenvalue weighted by atomic mass is 19.4. The van der Waals surface area contributed by atoms with E-state index in [0.29, 0.717) is 81.7 Å². The summed E-state index contributed by atoms with van der Waals surface area (Å²) in [4.78, 5) is 41.0. The number of carboxylic acids is 1. The number of aliphatic carboxylic acids is 1. The number of amides is 1. The van der Waals surface area contributed by atoms with Crippen molar-refractivity contribution in [2.45, 2.75) is 82.2 Å². The van der Waals surface area contributed by atoms with Gasteiger partial charge >= 0.3 is 12.1 Å². The highest BCUT2D eigenvalue weighted by Crippen LogP contribution is 2.51. The van der Waals surface area contributed by atoms with Gasteiger partial charge in [0.25, 0.3) is 5.91 Å². The van der Waals surface area contributed by atoms with E-state index in [1.54, 1.807) is 30.7 Å². The Morgan fingerprint density at radius 3 is 2.48 bits per heavy atom. The van der Waals surface area contributed by atoms with Crippen molar-refractivity contribution in [3.63, 3.8) is 0 Å². The summed E-state index contributed by atoms with van der Waals surface area (Å²) in [5.74, 6) is -2.43. The minimum Gasteiger partial charge on any atom is -0.487 e. The van der Waals surface area contributed by atoms with Gasteiger partial charge in [-0.2, -0.15) is 13.2 Å². The Hall–Kier alpha value is -4.79. The molecule has 54 heavy (non-hydrogen) atoms. The maximum atomic E-state index is 15.9. The zero-order chi connectivity index (χ0) is 37.8. The summed E-state index contributed by atoms with van der Waals surface area (Å²) in [6, 6.07) is 6.90. The van der Waals surface area contributed by atoms with Gasteiger partial charge in [0.1, 0.15) is 11.6 Å². The van der Waals surface area contributed by atoms with Gasteiger partial charge in [-0.3, -0.25) is 4.79 Å². The van der Waals surface area contributed by atoms with Crippen LogP contribution in [0.1, 0.15) is 80.4 Å². The molecule has 2 N–H and O–H groups in total. The van der Waals surface area contributed by atoms with Gasteiger partial charge < -0.3 is 29.4 Å². The van der Waals surface area contributed by atoms with Crippen LogP contribution >= 0.6 is 0 Å². The molecule has 5 heterocycles. The van der Waals surface area contributed by atoms with Gasteiger partial charge in [0, 0.05) is 80.8 Å². The van der Waals surface area contributed by atoms with Crippen LogP contribution in [0.4, 0.5) is 23.5 Å². The molecule has 0 spiro atoms. The second-order valence-electron chi connectivity index (χ2n) is 15.3. The number of piperidine rings is 1. The fraction of sp³-hybridized carbons (Fsp3) is 0.513. The number of hydrogen-bond acceptors (Lipinski definition) is 8. The predicted molar refractivity (Wildman–Crippen MR) is 190 cm³/mol. The average molecular weight is 751 g/mol. The third kappa shape index (κ3) is 6.75. The summed E-state index contributed by atoms with van der Waals surface area (Å²) in [5, 5.41) is 13.2. The molecule has 4 unspecified atom stereocenters. The largest absolute Gasteiger partial charge is 0.487 e. The maximum absolute atomic E-state index is 15.9. The number of alkyl halides is 3. The Kier molecular flexibility index (Phi) is 9.47. The molecular weight excluding hydrogens is 708 g/mol. The SMILES string of the molecule is CC1CC2CC(C1)C(NC(=O)c1ccc(-c3cn(C4CCOCC4)c4cc(OC5CCN(c6ncccn6)CC5)c(F)cc34)nc1C(F)(F)F)(C(=O)O)C2. The number of halogens is 4. The number of carboxylic acid groups (broad SMARTS) is 1. The Morgan fingerprint density at radius 1 is 1.04 bits per heavy atom. The molecule has 4 fully saturated rings. The highest BCUT2D eigenvalue weighted by Gasteiger charge is 2.56. The lowest BCUT2D eigenvalue weighted by molar-refractivity contribution is -0.146. The molecule has 2 aliphatic heterocycles. The smallest absolute Gasteiger partial charge is 0.434 e. The third-order valence-corrected chi connectivity index (χ3v) is 11.8. The molecule has 0 radical (unpaired) electrons. The van der Waals surface area contributed by atoms with Crippen LogP contribution in [0, 0.1) is 23.6 Å². The molecule has 4 aromatic rings. The second kappa shape index (κ2) is 14.1. The van der Waals surface area contributed by atoms with E-state index in [4.69, 9.17) is 9.47 Å². The standard InChI is InChI=1S/C39H42F4N6O5/c1-22-15-23-17-24(16-22)38(20-23,36(51)52)47-35(50)27-3-4-31(46-34(27)39(41,42)43)29-21-49(25-7-13-53-14-8-25)32-19-33(30(40)18-28(29)32)54-26-5-11-48(12-6-26)37-44-9-2-10-45-37/h2-4,9-10,18-19,21-26H,5-8,11-17,20H2,1H3,(H,47,50)(H,51,52). The molecule has 11 nitrogen and oxygen atoms in total. The van der Waals surface area contributed by atoms with E-state index in [1.807, 2.05) is 16.4 Å². The van der Waals surface area contributed by atoms with E-state index in [9.17, 15) is 27.9 Å². The van der Waals surface area contributed by atoms with Crippen molar-refractivity contribution >= 4 is 28.7 Å². The van der Waals surface area contributed by atoms with Crippen LogP contribution in [0.5, 0.6) is 5.75 Å². The monoisotopic (exact) mass is 750 g/mol. The van der Waals surface area contributed by atoms with Gasteiger partial charge in [0.2, 0.25) is 5.95 Å². The number of ether oxygens (including phenoxy) is 2. The lowest BCUT2D eigenvalue weighted by Gasteiger charge is -2.33. The van der Waals surface area contributed by atoms with E-state index < -0.39 is 40.7 Å². The number of aromatic nitrogens is 4. The van der Waals surface area contributed by atoms with E-state index in [2.05, 4.69) is 20.3 Å². The van der Waals surface area contributed by atoms with Crippen LogP contribution in [0.15, 0.2) is 48.9 Å². The van der Waals surface area contributed by atoms with E-state index >= 15 is 4.39 Å². The number of fused-ring (bicyclic) bond motifs is 3. The Morgan fingerprint density at radius 2 is 1.78 bits per heavy atom. The van der Waals surface area contributed by atoms with Gasteiger partial charge in [0.15, 0.2) is 17.3 Å². The number of nitrogens with one attached hydrogen (secondary N) is 1. The quantitative estimate of drug-likeness (QED) is 0.182. The summed E-state index contributed by atoms with van der Waals surface area (Å²) in [6.07, 6.45) is 4.37. The zero-order valence-electron chi connectivity index (χ0n) is 29.8. The van der Waals surface area contributed by atoms with Crippen molar-refractivity contribution in [3.8, 4) is 17.0 Å². The maximum Gasteiger partial charge on any atom is 0.434 e. The van der Waals surface area contributed by atoms with E-state index in [-0.39, 0.29) is 53.3 Å². The number of nitrogens with zero attached hydrogens (tertiary/aromatic N) is 5. The van der Waals surface area contributed by atoms with Crippen LogP contribution in [0.3, 0.4) is 0 Å². The molecule has 1 aromatic carbocycles. The van der Waals surface area contributed by atoms with Crippen molar-refractivity contribution < 1.29 is 41.7 Å². The predicted octanol–water partition coefficient (Wildman–Crippen LogP) is 7.06. The number of rotatable bonds is 8. The summed E-state index contributed by atoms with van der Waals surface area (Å²) < 4.78 is 73.9. The number of benzene rings is 1. The topological polar surface area (TPSA) is 132 Å².